The lowest BCUT2D eigenvalue weighted by molar-refractivity contribution is 0.188. The van der Waals surface area contributed by atoms with Crippen LogP contribution >= 0.6 is 0 Å². The zero-order valence-corrected chi connectivity index (χ0v) is 7.44. The van der Waals surface area contributed by atoms with E-state index in [1.165, 1.54) is 0 Å². The van der Waals surface area contributed by atoms with Crippen molar-refractivity contribution in [3.05, 3.63) is 0 Å². The van der Waals surface area contributed by atoms with Crippen LogP contribution in [0.2, 0.25) is 0 Å². The molecule has 3 nitrogen and oxygen atoms in total. The van der Waals surface area contributed by atoms with Crippen LogP contribution in [-0.4, -0.2) is 38.4 Å². The molecule has 62 valence electrons. The van der Waals surface area contributed by atoms with Crippen LogP contribution in [0.4, 0.5) is 0 Å². The largest absolute Gasteiger partial charge is 0.293 e. The molecule has 0 saturated heterocycles. The van der Waals surface area contributed by atoms with Crippen LogP contribution in [0.3, 0.4) is 0 Å². The van der Waals surface area contributed by atoms with Gasteiger partial charge in [0.15, 0.2) is 0 Å². The van der Waals surface area contributed by atoms with Crippen LogP contribution in [0.5, 0.6) is 0 Å². The monoisotopic (exact) mass is 145 g/mol. The maximum absolute atomic E-state index is 3.30. The first-order valence-corrected chi connectivity index (χ1v) is 3.87. The number of nitrogens with zero attached hydrogens (tertiary/aromatic N) is 1. The second-order valence-corrected chi connectivity index (χ2v) is 2.32. The molecule has 0 rings (SSSR count). The fraction of sp³-hybridized carbons (Fsp3) is 1.00. The molecular weight excluding hydrogens is 126 g/mol. The maximum Gasteiger partial charge on any atom is 0.113 e. The summed E-state index contributed by atoms with van der Waals surface area (Å²) in [5, 5.41) is 6.47. The standard InChI is InChI=1S/C7H19N3/c1-5-9-7(8-3)10(4)6-2/h7-9H,5-6H2,1-4H3. The normalized spacial score (nSPS) is 14.1. The van der Waals surface area contributed by atoms with Gasteiger partial charge in [0.2, 0.25) is 0 Å². The summed E-state index contributed by atoms with van der Waals surface area (Å²) in [6.45, 7) is 6.30. The minimum absolute atomic E-state index is 0.315. The molecule has 0 aromatic carbocycles. The van der Waals surface area contributed by atoms with Gasteiger partial charge in [0.25, 0.3) is 0 Å². The molecule has 1 unspecified atom stereocenters. The molecule has 10 heavy (non-hydrogen) atoms. The van der Waals surface area contributed by atoms with Crippen molar-refractivity contribution in [1.29, 1.82) is 0 Å². The van der Waals surface area contributed by atoms with Crippen molar-refractivity contribution < 1.29 is 0 Å². The molecule has 0 spiro atoms. The first-order chi connectivity index (χ1) is 4.76. The van der Waals surface area contributed by atoms with Gasteiger partial charge >= 0.3 is 0 Å². The van der Waals surface area contributed by atoms with Gasteiger partial charge in [0, 0.05) is 0 Å². The minimum atomic E-state index is 0.315. The van der Waals surface area contributed by atoms with E-state index in [1.54, 1.807) is 0 Å². The minimum Gasteiger partial charge on any atom is -0.293 e. The van der Waals surface area contributed by atoms with Gasteiger partial charge in [-0.15, -0.1) is 0 Å². The van der Waals surface area contributed by atoms with Gasteiger partial charge in [-0.25, -0.2) is 0 Å². The van der Waals surface area contributed by atoms with Crippen LogP contribution in [0.15, 0.2) is 0 Å². The van der Waals surface area contributed by atoms with Gasteiger partial charge in [0.05, 0.1) is 0 Å². The molecule has 0 amide bonds. The third kappa shape index (κ3) is 3.15. The Morgan fingerprint density at radius 3 is 2.30 bits per heavy atom. The van der Waals surface area contributed by atoms with Gasteiger partial charge < -0.3 is 0 Å². The molecule has 0 fully saturated rings. The number of rotatable bonds is 5. The Morgan fingerprint density at radius 2 is 2.00 bits per heavy atom. The molecule has 1 atom stereocenters. The van der Waals surface area contributed by atoms with Crippen LogP contribution in [0, 0.1) is 0 Å². The Balaban J connectivity index is 3.56. The van der Waals surface area contributed by atoms with Gasteiger partial charge in [-0.05, 0) is 27.2 Å². The summed E-state index contributed by atoms with van der Waals surface area (Å²) in [7, 11) is 4.04. The zero-order chi connectivity index (χ0) is 7.98. The van der Waals surface area contributed by atoms with E-state index < -0.39 is 0 Å². The van der Waals surface area contributed by atoms with Gasteiger partial charge in [0.1, 0.15) is 6.29 Å². The summed E-state index contributed by atoms with van der Waals surface area (Å²) in [4.78, 5) is 2.21. The smallest absolute Gasteiger partial charge is 0.113 e. The SMILES string of the molecule is CCNC(NC)N(C)CC. The Bertz CT molecular complexity index is 75.3. The summed E-state index contributed by atoms with van der Waals surface area (Å²) >= 11 is 0. The molecule has 0 aliphatic rings. The van der Waals surface area contributed by atoms with Gasteiger partial charge in [-0.2, -0.15) is 0 Å². The molecule has 0 aromatic rings. The Labute approximate surface area is 63.8 Å². The molecule has 0 saturated carbocycles. The molecule has 2 N–H and O–H groups in total. The highest BCUT2D eigenvalue weighted by atomic mass is 15.4. The Kier molecular flexibility index (Phi) is 5.58. The molecule has 0 heterocycles. The fourth-order valence-corrected chi connectivity index (χ4v) is 0.854. The second kappa shape index (κ2) is 5.65. The lowest BCUT2D eigenvalue weighted by Crippen LogP contribution is -2.51. The van der Waals surface area contributed by atoms with Crippen LogP contribution in [-0.2, 0) is 0 Å². The number of nitrogens with one attached hydrogen (secondary N) is 2. The van der Waals surface area contributed by atoms with E-state index in [0.717, 1.165) is 13.1 Å². The first-order valence-electron chi connectivity index (χ1n) is 3.87. The van der Waals surface area contributed by atoms with Crippen LogP contribution in [0.25, 0.3) is 0 Å². The lowest BCUT2D eigenvalue weighted by Gasteiger charge is -2.26. The molecule has 0 aliphatic heterocycles. The van der Waals surface area contributed by atoms with E-state index in [1.807, 2.05) is 7.05 Å². The number of hydrogen-bond donors (Lipinski definition) is 2. The second-order valence-electron chi connectivity index (χ2n) is 2.32. The maximum atomic E-state index is 3.30. The van der Waals surface area contributed by atoms with Crippen molar-refractivity contribution >= 4 is 0 Å². The average molecular weight is 145 g/mol. The van der Waals surface area contributed by atoms with E-state index in [2.05, 4.69) is 36.4 Å². The van der Waals surface area contributed by atoms with Crippen molar-refractivity contribution in [1.82, 2.24) is 15.5 Å². The molecule has 0 radical (unpaired) electrons. The van der Waals surface area contributed by atoms with E-state index in [9.17, 15) is 0 Å². The van der Waals surface area contributed by atoms with Crippen LogP contribution in [0.1, 0.15) is 13.8 Å². The molecule has 3 heteroatoms. The average Bonchev–Trinajstić information content (AvgIpc) is 1.99. The van der Waals surface area contributed by atoms with E-state index in [0.29, 0.717) is 6.29 Å². The Hall–Kier alpha value is -0.120. The third-order valence-corrected chi connectivity index (χ3v) is 1.61. The highest BCUT2D eigenvalue weighted by molar-refractivity contribution is 4.58. The van der Waals surface area contributed by atoms with Crippen LogP contribution < -0.4 is 10.6 Å². The van der Waals surface area contributed by atoms with Gasteiger partial charge in [-0.3, -0.25) is 15.5 Å². The van der Waals surface area contributed by atoms with Crippen molar-refractivity contribution in [2.75, 3.05) is 27.2 Å². The predicted octanol–water partition coefficient (Wildman–Crippen LogP) is 0.0506. The third-order valence-electron chi connectivity index (χ3n) is 1.61. The molecule has 0 aromatic heterocycles. The topological polar surface area (TPSA) is 27.3 Å². The van der Waals surface area contributed by atoms with Crippen molar-refractivity contribution in [2.24, 2.45) is 0 Å². The Morgan fingerprint density at radius 1 is 1.40 bits per heavy atom. The van der Waals surface area contributed by atoms with Crippen molar-refractivity contribution in [3.63, 3.8) is 0 Å². The summed E-state index contributed by atoms with van der Waals surface area (Å²) < 4.78 is 0. The van der Waals surface area contributed by atoms with E-state index in [-0.39, 0.29) is 0 Å². The first kappa shape index (κ1) is 9.88. The van der Waals surface area contributed by atoms with Gasteiger partial charge in [-0.1, -0.05) is 13.8 Å². The molecular formula is C7H19N3. The van der Waals surface area contributed by atoms with Crippen molar-refractivity contribution in [2.45, 2.75) is 20.1 Å². The van der Waals surface area contributed by atoms with E-state index in [4.69, 9.17) is 0 Å². The lowest BCUT2D eigenvalue weighted by atomic mass is 10.5. The summed E-state index contributed by atoms with van der Waals surface area (Å²) in [6.07, 6.45) is 0.315. The predicted molar refractivity (Wildman–Crippen MR) is 44.8 cm³/mol. The van der Waals surface area contributed by atoms with Crippen molar-refractivity contribution in [3.8, 4) is 0 Å². The number of hydrogen-bond acceptors (Lipinski definition) is 3. The molecule has 0 bridgehead atoms. The summed E-state index contributed by atoms with van der Waals surface area (Å²) in [5.74, 6) is 0. The highest BCUT2D eigenvalue weighted by Crippen LogP contribution is 1.84. The zero-order valence-electron chi connectivity index (χ0n) is 7.44. The molecule has 0 aliphatic carbocycles. The van der Waals surface area contributed by atoms with E-state index >= 15 is 0 Å². The fourth-order valence-electron chi connectivity index (χ4n) is 0.854. The quantitative estimate of drug-likeness (QED) is 0.535. The summed E-state index contributed by atoms with van der Waals surface area (Å²) in [5.41, 5.74) is 0. The highest BCUT2D eigenvalue weighted by Gasteiger charge is 2.06. The summed E-state index contributed by atoms with van der Waals surface area (Å²) in [6, 6.07) is 0.